The highest BCUT2D eigenvalue weighted by molar-refractivity contribution is 5.82. The molecule has 6 nitrogen and oxygen atoms in total. The van der Waals surface area contributed by atoms with Gasteiger partial charge in [0.25, 0.3) is 5.56 Å². The molecule has 2 N–H and O–H groups in total. The van der Waals surface area contributed by atoms with E-state index in [0.717, 1.165) is 17.4 Å². The number of aliphatic imine (C=N–C) groups is 1. The smallest absolute Gasteiger partial charge is 0.330 e. The number of hydrogen-bond donors (Lipinski definition) is 2. The molecular formula is C16H23N3O3. The standard InChI is InChI=1S/C16H23N3O3/c1-15(2)9-5-6-16(15,3)11(7-9)17-8-10-12(20)18-14(22)19(4)13(10)21/h8-9,11,21H,5-7H2,1-4H3,(H,18,20,22)/t9-,11+,16-/m1/s1. The largest absolute Gasteiger partial charge is 0.494 e. The summed E-state index contributed by atoms with van der Waals surface area (Å²) >= 11 is 0. The molecule has 1 heterocycles. The number of rotatable bonds is 2. The van der Waals surface area contributed by atoms with E-state index < -0.39 is 11.2 Å². The van der Waals surface area contributed by atoms with Crippen molar-refractivity contribution in [3.05, 3.63) is 26.4 Å². The second kappa shape index (κ2) is 4.57. The van der Waals surface area contributed by atoms with Crippen molar-refractivity contribution in [2.75, 3.05) is 0 Å². The Labute approximate surface area is 128 Å². The van der Waals surface area contributed by atoms with Crippen molar-refractivity contribution in [3.8, 4) is 5.88 Å². The third kappa shape index (κ3) is 1.82. The maximum absolute atomic E-state index is 11.9. The van der Waals surface area contributed by atoms with Crippen LogP contribution in [-0.4, -0.2) is 26.9 Å². The van der Waals surface area contributed by atoms with E-state index in [9.17, 15) is 14.7 Å². The topological polar surface area (TPSA) is 87.4 Å². The van der Waals surface area contributed by atoms with Gasteiger partial charge in [0.1, 0.15) is 5.56 Å². The van der Waals surface area contributed by atoms with E-state index in [1.165, 1.54) is 19.7 Å². The van der Waals surface area contributed by atoms with Gasteiger partial charge in [-0.2, -0.15) is 0 Å². The fraction of sp³-hybridized carbons (Fsp3) is 0.688. The first-order valence-electron chi connectivity index (χ1n) is 7.74. The van der Waals surface area contributed by atoms with Gasteiger partial charge in [-0.05, 0) is 36.0 Å². The van der Waals surface area contributed by atoms with Gasteiger partial charge in [0.15, 0.2) is 0 Å². The van der Waals surface area contributed by atoms with Crippen molar-refractivity contribution >= 4 is 6.21 Å². The average Bonchev–Trinajstić information content (AvgIpc) is 2.78. The van der Waals surface area contributed by atoms with Crippen molar-refractivity contribution in [2.45, 2.75) is 46.1 Å². The van der Waals surface area contributed by atoms with Crippen molar-refractivity contribution in [2.24, 2.45) is 28.8 Å². The first-order valence-corrected chi connectivity index (χ1v) is 7.74. The van der Waals surface area contributed by atoms with Gasteiger partial charge in [-0.3, -0.25) is 19.3 Å². The van der Waals surface area contributed by atoms with Crippen LogP contribution in [0, 0.1) is 16.7 Å². The van der Waals surface area contributed by atoms with Gasteiger partial charge in [0.2, 0.25) is 5.88 Å². The molecule has 0 aromatic carbocycles. The highest BCUT2D eigenvalue weighted by Crippen LogP contribution is 2.66. The molecule has 0 aliphatic heterocycles. The normalized spacial score (nSPS) is 32.9. The number of H-pyrrole nitrogens is 1. The van der Waals surface area contributed by atoms with E-state index in [4.69, 9.17) is 0 Å². The first-order chi connectivity index (χ1) is 10.2. The van der Waals surface area contributed by atoms with Crippen LogP contribution >= 0.6 is 0 Å². The van der Waals surface area contributed by atoms with Gasteiger partial charge in [0.05, 0.1) is 6.04 Å². The van der Waals surface area contributed by atoms with Gasteiger partial charge in [-0.25, -0.2) is 4.79 Å². The number of nitrogens with one attached hydrogen (secondary N) is 1. The molecule has 120 valence electrons. The van der Waals surface area contributed by atoms with Crippen LogP contribution in [0.25, 0.3) is 0 Å². The van der Waals surface area contributed by atoms with E-state index in [1.54, 1.807) is 0 Å². The fourth-order valence-electron chi connectivity index (χ4n) is 4.29. The highest BCUT2D eigenvalue weighted by Gasteiger charge is 2.61. The van der Waals surface area contributed by atoms with Crippen LogP contribution in [0.1, 0.15) is 45.6 Å². The molecule has 6 heteroatoms. The van der Waals surface area contributed by atoms with Crippen molar-refractivity contribution in [1.29, 1.82) is 0 Å². The first kappa shape index (κ1) is 15.1. The monoisotopic (exact) mass is 305 g/mol. The van der Waals surface area contributed by atoms with Crippen LogP contribution in [-0.2, 0) is 7.05 Å². The molecule has 2 bridgehead atoms. The maximum Gasteiger partial charge on any atom is 0.330 e. The van der Waals surface area contributed by atoms with E-state index in [0.29, 0.717) is 5.92 Å². The molecule has 2 aliphatic rings. The molecule has 2 saturated carbocycles. The number of aromatic nitrogens is 2. The predicted octanol–water partition coefficient (Wildman–Crippen LogP) is 1.41. The molecule has 3 atom stereocenters. The molecule has 0 unspecified atom stereocenters. The molecular weight excluding hydrogens is 282 g/mol. The van der Waals surface area contributed by atoms with Crippen molar-refractivity contribution < 1.29 is 5.11 Å². The Morgan fingerprint density at radius 3 is 2.59 bits per heavy atom. The molecule has 2 fully saturated rings. The summed E-state index contributed by atoms with van der Waals surface area (Å²) in [5, 5.41) is 9.98. The van der Waals surface area contributed by atoms with Gasteiger partial charge < -0.3 is 5.11 Å². The summed E-state index contributed by atoms with van der Waals surface area (Å²) in [6.07, 6.45) is 4.83. The average molecular weight is 305 g/mol. The summed E-state index contributed by atoms with van der Waals surface area (Å²) in [4.78, 5) is 30.1. The van der Waals surface area contributed by atoms with Crippen LogP contribution in [0.4, 0.5) is 0 Å². The molecule has 0 amide bonds. The van der Waals surface area contributed by atoms with Crippen LogP contribution < -0.4 is 11.2 Å². The Hall–Kier alpha value is -1.85. The maximum atomic E-state index is 11.9. The third-order valence-corrected chi connectivity index (χ3v) is 6.46. The second-order valence-electron chi connectivity index (χ2n) is 7.46. The molecule has 0 spiro atoms. The Bertz CT molecular complexity index is 759. The SMILES string of the molecule is Cn1c(O)c(C=N[C@H]2C[C@H]3CC[C@@]2(C)C3(C)C)c(=O)[nH]c1=O. The Kier molecular flexibility index (Phi) is 3.13. The van der Waals surface area contributed by atoms with E-state index in [1.807, 2.05) is 0 Å². The zero-order chi connectivity index (χ0) is 16.3. The summed E-state index contributed by atoms with van der Waals surface area (Å²) in [5.74, 6) is 0.316. The molecule has 1 aromatic rings. The number of aromatic hydroxyl groups is 1. The van der Waals surface area contributed by atoms with Gasteiger partial charge in [0, 0.05) is 13.3 Å². The Balaban J connectivity index is 1.96. The van der Waals surface area contributed by atoms with E-state index in [2.05, 4.69) is 30.7 Å². The minimum atomic E-state index is -0.632. The predicted molar refractivity (Wildman–Crippen MR) is 84.6 cm³/mol. The molecule has 22 heavy (non-hydrogen) atoms. The van der Waals surface area contributed by atoms with E-state index in [-0.39, 0.29) is 28.3 Å². The number of nitrogens with zero attached hydrogens (tertiary/aromatic N) is 2. The molecule has 0 radical (unpaired) electrons. The van der Waals surface area contributed by atoms with Gasteiger partial charge in [-0.1, -0.05) is 20.8 Å². The summed E-state index contributed by atoms with van der Waals surface area (Å²) in [6.45, 7) is 6.88. The summed E-state index contributed by atoms with van der Waals surface area (Å²) < 4.78 is 1.01. The molecule has 3 rings (SSSR count). The van der Waals surface area contributed by atoms with Crippen molar-refractivity contribution in [1.82, 2.24) is 9.55 Å². The summed E-state index contributed by atoms with van der Waals surface area (Å²) in [6, 6.07) is 0.150. The van der Waals surface area contributed by atoms with Gasteiger partial charge in [-0.15, -0.1) is 0 Å². The minimum Gasteiger partial charge on any atom is -0.494 e. The van der Waals surface area contributed by atoms with Crippen LogP contribution in [0.5, 0.6) is 5.88 Å². The highest BCUT2D eigenvalue weighted by atomic mass is 16.3. The fourth-order valence-corrected chi connectivity index (χ4v) is 4.29. The lowest BCUT2D eigenvalue weighted by atomic mass is 9.69. The number of aromatic amines is 1. The second-order valence-corrected chi connectivity index (χ2v) is 7.46. The molecule has 0 saturated heterocycles. The lowest BCUT2D eigenvalue weighted by molar-refractivity contribution is 0.137. The van der Waals surface area contributed by atoms with E-state index >= 15 is 0 Å². The zero-order valence-corrected chi connectivity index (χ0v) is 13.5. The van der Waals surface area contributed by atoms with Crippen LogP contribution in [0.15, 0.2) is 14.6 Å². The number of hydrogen-bond acceptors (Lipinski definition) is 4. The quantitative estimate of drug-likeness (QED) is 0.810. The summed E-state index contributed by atoms with van der Waals surface area (Å²) in [7, 11) is 1.41. The Morgan fingerprint density at radius 2 is 2.05 bits per heavy atom. The van der Waals surface area contributed by atoms with Gasteiger partial charge >= 0.3 is 5.69 Å². The lowest BCUT2D eigenvalue weighted by Crippen LogP contribution is -2.35. The van der Waals surface area contributed by atoms with Crippen LogP contribution in [0.2, 0.25) is 0 Å². The van der Waals surface area contributed by atoms with Crippen molar-refractivity contribution in [3.63, 3.8) is 0 Å². The lowest BCUT2D eigenvalue weighted by Gasteiger charge is -2.37. The third-order valence-electron chi connectivity index (χ3n) is 6.46. The number of fused-ring (bicyclic) bond motifs is 2. The molecule has 1 aromatic heterocycles. The molecule has 2 aliphatic carbocycles. The summed E-state index contributed by atoms with van der Waals surface area (Å²) in [5.41, 5.74) is -0.819. The minimum absolute atomic E-state index is 0.0475. The zero-order valence-electron chi connectivity index (χ0n) is 13.5. The Morgan fingerprint density at radius 1 is 1.36 bits per heavy atom. The van der Waals surface area contributed by atoms with Crippen LogP contribution in [0.3, 0.4) is 0 Å².